The van der Waals surface area contributed by atoms with Crippen molar-refractivity contribution in [2.24, 2.45) is 0 Å². The molecule has 0 aliphatic rings. The highest BCUT2D eigenvalue weighted by Crippen LogP contribution is 2.26. The van der Waals surface area contributed by atoms with E-state index < -0.39 is 4.92 Å². The predicted molar refractivity (Wildman–Crippen MR) is 95.3 cm³/mol. The number of hydrogen-bond donors (Lipinski definition) is 2. The summed E-state index contributed by atoms with van der Waals surface area (Å²) < 4.78 is 0.478. The first kappa shape index (κ1) is 17.0. The number of amides is 1. The second kappa shape index (κ2) is 7.80. The summed E-state index contributed by atoms with van der Waals surface area (Å²) in [5.41, 5.74) is 1.37. The first-order chi connectivity index (χ1) is 11.0. The lowest BCUT2D eigenvalue weighted by Crippen LogP contribution is -2.35. The number of thiocarbonyl (C=S) groups is 1. The van der Waals surface area contributed by atoms with E-state index in [2.05, 4.69) is 26.6 Å². The number of carbonyl (C=O) groups is 1. The van der Waals surface area contributed by atoms with E-state index >= 15 is 0 Å². The Balaban J connectivity index is 1.94. The highest BCUT2D eigenvalue weighted by atomic mass is 79.9. The molecule has 1 amide bonds. The van der Waals surface area contributed by atoms with E-state index in [4.69, 9.17) is 12.2 Å². The molecule has 6 nitrogen and oxygen atoms in total. The lowest BCUT2D eigenvalue weighted by atomic mass is 10.1. The Labute approximate surface area is 146 Å². The fourth-order valence-electron chi connectivity index (χ4n) is 1.82. The van der Waals surface area contributed by atoms with Crippen LogP contribution in [0.2, 0.25) is 0 Å². The number of halogens is 1. The van der Waals surface area contributed by atoms with Crippen LogP contribution in [0.15, 0.2) is 53.0 Å². The Kier molecular flexibility index (Phi) is 5.78. The van der Waals surface area contributed by atoms with Crippen molar-refractivity contribution in [1.82, 2.24) is 5.32 Å². The van der Waals surface area contributed by atoms with E-state index in [-0.39, 0.29) is 23.1 Å². The van der Waals surface area contributed by atoms with Gasteiger partial charge in [0.2, 0.25) is 5.91 Å². The summed E-state index contributed by atoms with van der Waals surface area (Å²) in [4.78, 5) is 22.1. The van der Waals surface area contributed by atoms with Gasteiger partial charge in [0, 0.05) is 16.6 Å². The number of anilines is 1. The molecule has 0 heterocycles. The summed E-state index contributed by atoms with van der Waals surface area (Å²) in [6.45, 7) is 0. The van der Waals surface area contributed by atoms with E-state index in [1.807, 2.05) is 30.3 Å². The van der Waals surface area contributed by atoms with Crippen molar-refractivity contribution in [3.05, 3.63) is 68.7 Å². The molecule has 0 fully saturated rings. The second-order valence-electron chi connectivity index (χ2n) is 4.59. The molecule has 0 spiro atoms. The minimum atomic E-state index is -0.492. The molecule has 0 aromatic heterocycles. The van der Waals surface area contributed by atoms with Crippen LogP contribution in [0.1, 0.15) is 5.56 Å². The van der Waals surface area contributed by atoms with Gasteiger partial charge in [0.1, 0.15) is 0 Å². The van der Waals surface area contributed by atoms with Crippen LogP contribution < -0.4 is 10.6 Å². The number of hydrogen-bond acceptors (Lipinski definition) is 4. The van der Waals surface area contributed by atoms with Gasteiger partial charge in [-0.2, -0.15) is 0 Å². The van der Waals surface area contributed by atoms with Gasteiger partial charge in [0.25, 0.3) is 5.69 Å². The second-order valence-corrected chi connectivity index (χ2v) is 5.85. The zero-order valence-electron chi connectivity index (χ0n) is 11.8. The maximum absolute atomic E-state index is 11.9. The molecule has 2 aromatic carbocycles. The smallest absolute Gasteiger partial charge is 0.270 e. The van der Waals surface area contributed by atoms with Crippen molar-refractivity contribution in [2.75, 3.05) is 5.32 Å². The van der Waals surface area contributed by atoms with Crippen molar-refractivity contribution in [2.45, 2.75) is 6.42 Å². The first-order valence-corrected chi connectivity index (χ1v) is 7.74. The normalized spacial score (nSPS) is 9.96. The molecule has 2 N–H and O–H groups in total. The van der Waals surface area contributed by atoms with Crippen LogP contribution in [0, 0.1) is 10.1 Å². The lowest BCUT2D eigenvalue weighted by molar-refractivity contribution is -0.384. The average Bonchev–Trinajstić information content (AvgIpc) is 2.49. The first-order valence-electron chi connectivity index (χ1n) is 6.54. The maximum atomic E-state index is 11.9. The summed E-state index contributed by atoms with van der Waals surface area (Å²) in [5.74, 6) is -0.244. The Bertz CT molecular complexity index is 753. The van der Waals surface area contributed by atoms with Crippen LogP contribution in [0.3, 0.4) is 0 Å². The van der Waals surface area contributed by atoms with Crippen LogP contribution in [0.4, 0.5) is 11.4 Å². The standard InChI is InChI=1S/C15H12BrN3O3S/c16-12-9-11(19(21)22)6-7-13(12)17-15(23)18-14(20)8-10-4-2-1-3-5-10/h1-7,9H,8H2,(H2,17,18,20,23). The third kappa shape index (κ3) is 5.11. The van der Waals surface area contributed by atoms with Gasteiger partial charge in [0.15, 0.2) is 5.11 Å². The number of nitro benzene ring substituents is 1. The monoisotopic (exact) mass is 393 g/mol. The van der Waals surface area contributed by atoms with Crippen LogP contribution in [0.5, 0.6) is 0 Å². The van der Waals surface area contributed by atoms with Gasteiger partial charge < -0.3 is 10.6 Å². The minimum absolute atomic E-state index is 0.0403. The summed E-state index contributed by atoms with van der Waals surface area (Å²) >= 11 is 8.30. The van der Waals surface area contributed by atoms with Crippen molar-refractivity contribution < 1.29 is 9.72 Å². The summed E-state index contributed by atoms with van der Waals surface area (Å²) in [6.07, 6.45) is 0.212. The van der Waals surface area contributed by atoms with E-state index in [1.165, 1.54) is 18.2 Å². The highest BCUT2D eigenvalue weighted by molar-refractivity contribution is 9.10. The SMILES string of the molecule is O=C(Cc1ccccc1)NC(=S)Nc1ccc([N+](=O)[O-])cc1Br. The Morgan fingerprint density at radius 3 is 2.52 bits per heavy atom. The van der Waals surface area contributed by atoms with Gasteiger partial charge >= 0.3 is 0 Å². The van der Waals surface area contributed by atoms with E-state index in [0.717, 1.165) is 5.56 Å². The molecule has 0 radical (unpaired) electrons. The number of non-ortho nitro benzene ring substituents is 1. The molecule has 0 aliphatic heterocycles. The molecular formula is C15H12BrN3O3S. The molecule has 0 atom stereocenters. The minimum Gasteiger partial charge on any atom is -0.331 e. The predicted octanol–water partition coefficient (Wildman–Crippen LogP) is 3.41. The number of benzene rings is 2. The third-order valence-electron chi connectivity index (χ3n) is 2.87. The summed E-state index contributed by atoms with van der Waals surface area (Å²) in [7, 11) is 0. The number of nitrogens with one attached hydrogen (secondary N) is 2. The van der Waals surface area contributed by atoms with Gasteiger partial charge in [-0.3, -0.25) is 14.9 Å². The number of rotatable bonds is 4. The van der Waals surface area contributed by atoms with E-state index in [1.54, 1.807) is 0 Å². The number of nitrogens with zero attached hydrogens (tertiary/aromatic N) is 1. The Morgan fingerprint density at radius 2 is 1.91 bits per heavy atom. The fraction of sp³-hybridized carbons (Fsp3) is 0.0667. The van der Waals surface area contributed by atoms with Crippen molar-refractivity contribution in [3.8, 4) is 0 Å². The molecule has 0 unspecified atom stereocenters. The fourth-order valence-corrected chi connectivity index (χ4v) is 2.51. The summed E-state index contributed by atoms with van der Waals surface area (Å²) in [5, 5.41) is 16.2. The average molecular weight is 394 g/mol. The number of nitro groups is 1. The Hall–Kier alpha value is -2.32. The van der Waals surface area contributed by atoms with Crippen molar-refractivity contribution >= 4 is 50.5 Å². The highest BCUT2D eigenvalue weighted by Gasteiger charge is 2.11. The van der Waals surface area contributed by atoms with Gasteiger partial charge in [-0.25, -0.2) is 0 Å². The quantitative estimate of drug-likeness (QED) is 0.472. The van der Waals surface area contributed by atoms with E-state index in [9.17, 15) is 14.9 Å². The van der Waals surface area contributed by atoms with Gasteiger partial charge in [-0.1, -0.05) is 30.3 Å². The maximum Gasteiger partial charge on any atom is 0.270 e. The molecule has 23 heavy (non-hydrogen) atoms. The van der Waals surface area contributed by atoms with Gasteiger partial charge in [-0.05, 0) is 39.8 Å². The van der Waals surface area contributed by atoms with Crippen LogP contribution >= 0.6 is 28.1 Å². The van der Waals surface area contributed by atoms with Gasteiger partial charge in [-0.15, -0.1) is 0 Å². The van der Waals surface area contributed by atoms with Gasteiger partial charge in [0.05, 0.1) is 17.0 Å². The van der Waals surface area contributed by atoms with Crippen LogP contribution in [-0.2, 0) is 11.2 Å². The molecule has 0 aliphatic carbocycles. The van der Waals surface area contributed by atoms with Crippen molar-refractivity contribution in [3.63, 3.8) is 0 Å². The topological polar surface area (TPSA) is 84.3 Å². The number of carbonyl (C=O) groups excluding carboxylic acids is 1. The van der Waals surface area contributed by atoms with Crippen LogP contribution in [-0.4, -0.2) is 15.9 Å². The third-order valence-corrected chi connectivity index (χ3v) is 3.73. The molecule has 2 rings (SSSR count). The summed E-state index contributed by atoms with van der Waals surface area (Å²) in [6, 6.07) is 13.5. The molecule has 8 heteroatoms. The Morgan fingerprint density at radius 1 is 1.22 bits per heavy atom. The zero-order chi connectivity index (χ0) is 16.8. The molecule has 0 saturated carbocycles. The largest absolute Gasteiger partial charge is 0.331 e. The molecular weight excluding hydrogens is 382 g/mol. The molecule has 2 aromatic rings. The van der Waals surface area contributed by atoms with Crippen LogP contribution in [0.25, 0.3) is 0 Å². The lowest BCUT2D eigenvalue weighted by Gasteiger charge is -2.11. The molecule has 0 saturated heterocycles. The van der Waals surface area contributed by atoms with Crippen molar-refractivity contribution in [1.29, 1.82) is 0 Å². The van der Waals surface area contributed by atoms with E-state index in [0.29, 0.717) is 10.2 Å². The molecule has 118 valence electrons. The molecule has 0 bridgehead atoms. The zero-order valence-corrected chi connectivity index (χ0v) is 14.2.